The van der Waals surface area contributed by atoms with E-state index in [9.17, 15) is 13.2 Å². The number of hydrogen-bond donors (Lipinski definition) is 1. The Balaban J connectivity index is 2.05. The predicted octanol–water partition coefficient (Wildman–Crippen LogP) is 0.683. The lowest BCUT2D eigenvalue weighted by molar-refractivity contribution is -0.124. The van der Waals surface area contributed by atoms with E-state index >= 15 is 0 Å². The number of nitrogens with one attached hydrogen (secondary N) is 1. The predicted molar refractivity (Wildman–Crippen MR) is 75.4 cm³/mol. The van der Waals surface area contributed by atoms with Crippen molar-refractivity contribution in [1.82, 2.24) is 14.6 Å². The Labute approximate surface area is 119 Å². The van der Waals surface area contributed by atoms with Crippen molar-refractivity contribution in [2.75, 3.05) is 12.8 Å². The maximum Gasteiger partial charge on any atom is 0.238 e. The second-order valence-corrected chi connectivity index (χ2v) is 6.98. The fourth-order valence-electron chi connectivity index (χ4n) is 2.44. The van der Waals surface area contributed by atoms with Gasteiger partial charge >= 0.3 is 0 Å². The Hall–Kier alpha value is -1.47. The monoisotopic (exact) mass is 297 g/mol. The molecule has 0 aromatic carbocycles. The molecule has 2 heterocycles. The maximum absolute atomic E-state index is 12.3. The summed E-state index contributed by atoms with van der Waals surface area (Å²) in [5.74, 6) is -0.239. The topological polar surface area (TPSA) is 79.4 Å². The number of carbonyl (C=O) groups is 1. The van der Waals surface area contributed by atoms with Crippen molar-refractivity contribution >= 4 is 15.9 Å². The van der Waals surface area contributed by atoms with Crippen LogP contribution in [0, 0.1) is 0 Å². The van der Waals surface area contributed by atoms with Crippen LogP contribution in [0.1, 0.15) is 31.4 Å². The van der Waals surface area contributed by atoms with Crippen molar-refractivity contribution in [3.63, 3.8) is 0 Å². The summed E-state index contributed by atoms with van der Waals surface area (Å²) in [7, 11) is -3.33. The van der Waals surface area contributed by atoms with Crippen LogP contribution in [0.25, 0.3) is 0 Å². The second-order valence-electron chi connectivity index (χ2n) is 5.04. The van der Waals surface area contributed by atoms with Gasteiger partial charge in [0.15, 0.2) is 0 Å². The average molecular weight is 297 g/mol. The molecule has 1 amide bonds. The molecule has 6 nitrogen and oxygen atoms in total. The Morgan fingerprint density at radius 2 is 2.10 bits per heavy atom. The van der Waals surface area contributed by atoms with Crippen molar-refractivity contribution in [1.29, 1.82) is 0 Å². The van der Waals surface area contributed by atoms with E-state index in [-0.39, 0.29) is 11.9 Å². The quantitative estimate of drug-likeness (QED) is 0.886. The lowest BCUT2D eigenvalue weighted by atomic mass is 10.1. The third-order valence-corrected chi connectivity index (χ3v) is 4.79. The number of nitrogens with zero attached hydrogens (tertiary/aromatic N) is 2. The van der Waals surface area contributed by atoms with Crippen LogP contribution in [0.4, 0.5) is 0 Å². The minimum Gasteiger partial charge on any atom is -0.348 e. The summed E-state index contributed by atoms with van der Waals surface area (Å²) in [4.78, 5) is 16.2. The molecule has 0 bridgehead atoms. The van der Waals surface area contributed by atoms with Crippen LogP contribution in [-0.2, 0) is 14.8 Å². The largest absolute Gasteiger partial charge is 0.348 e. The van der Waals surface area contributed by atoms with Crippen molar-refractivity contribution in [2.24, 2.45) is 0 Å². The number of hydrogen-bond acceptors (Lipinski definition) is 4. The van der Waals surface area contributed by atoms with Crippen LogP contribution < -0.4 is 5.32 Å². The van der Waals surface area contributed by atoms with Gasteiger partial charge in [0, 0.05) is 18.9 Å². The van der Waals surface area contributed by atoms with Gasteiger partial charge in [0.25, 0.3) is 0 Å². The van der Waals surface area contributed by atoms with E-state index in [2.05, 4.69) is 10.3 Å². The van der Waals surface area contributed by atoms with Crippen LogP contribution in [0.5, 0.6) is 0 Å². The molecule has 1 aliphatic rings. The molecule has 2 rings (SSSR count). The Kier molecular flexibility index (Phi) is 4.39. The SMILES string of the molecule is C[C@H](NC(=O)[C@@H]1CCCN1S(C)(=O)=O)c1ccncc1. The highest BCUT2D eigenvalue weighted by atomic mass is 32.2. The summed E-state index contributed by atoms with van der Waals surface area (Å²) in [5.41, 5.74) is 0.942. The summed E-state index contributed by atoms with van der Waals surface area (Å²) in [6, 6.07) is 2.89. The standard InChI is InChI=1S/C13H19N3O3S/c1-10(11-5-7-14-8-6-11)15-13(17)12-4-3-9-16(12)20(2,18)19/h5-8,10,12H,3-4,9H2,1-2H3,(H,15,17)/t10-,12-/m0/s1. The molecule has 20 heavy (non-hydrogen) atoms. The highest BCUT2D eigenvalue weighted by Gasteiger charge is 2.36. The van der Waals surface area contributed by atoms with Gasteiger partial charge in [-0.15, -0.1) is 0 Å². The van der Waals surface area contributed by atoms with Gasteiger partial charge in [-0.1, -0.05) is 0 Å². The van der Waals surface area contributed by atoms with Crippen LogP contribution in [0.15, 0.2) is 24.5 Å². The molecule has 1 saturated heterocycles. The van der Waals surface area contributed by atoms with Crippen LogP contribution in [0.2, 0.25) is 0 Å². The molecular formula is C13H19N3O3S. The van der Waals surface area contributed by atoms with E-state index in [0.29, 0.717) is 13.0 Å². The molecule has 0 saturated carbocycles. The van der Waals surface area contributed by atoms with Gasteiger partial charge in [0.2, 0.25) is 15.9 Å². The van der Waals surface area contributed by atoms with Gasteiger partial charge < -0.3 is 5.32 Å². The fourth-order valence-corrected chi connectivity index (χ4v) is 3.57. The van der Waals surface area contributed by atoms with Crippen molar-refractivity contribution in [3.05, 3.63) is 30.1 Å². The summed E-state index contributed by atoms with van der Waals surface area (Å²) in [6.07, 6.45) is 5.76. The van der Waals surface area contributed by atoms with Gasteiger partial charge in [-0.2, -0.15) is 4.31 Å². The zero-order valence-corrected chi connectivity index (χ0v) is 12.4. The van der Waals surface area contributed by atoms with Crippen molar-refractivity contribution in [2.45, 2.75) is 31.8 Å². The third kappa shape index (κ3) is 3.34. The Morgan fingerprint density at radius 3 is 2.70 bits per heavy atom. The molecule has 0 radical (unpaired) electrons. The number of rotatable bonds is 4. The summed E-state index contributed by atoms with van der Waals surface area (Å²) in [5, 5.41) is 2.87. The van der Waals surface area contributed by atoms with Crippen molar-refractivity contribution in [3.8, 4) is 0 Å². The minimum atomic E-state index is -3.33. The zero-order valence-electron chi connectivity index (χ0n) is 11.6. The smallest absolute Gasteiger partial charge is 0.238 e. The minimum absolute atomic E-state index is 0.174. The molecule has 0 aliphatic carbocycles. The highest BCUT2D eigenvalue weighted by molar-refractivity contribution is 7.88. The van der Waals surface area contributed by atoms with E-state index in [4.69, 9.17) is 0 Å². The summed E-state index contributed by atoms with van der Waals surface area (Å²) in [6.45, 7) is 2.29. The first-order chi connectivity index (χ1) is 9.39. The highest BCUT2D eigenvalue weighted by Crippen LogP contribution is 2.21. The lowest BCUT2D eigenvalue weighted by Gasteiger charge is -2.23. The molecule has 1 fully saturated rings. The molecule has 1 aliphatic heterocycles. The number of aromatic nitrogens is 1. The molecule has 1 aromatic heterocycles. The molecule has 0 spiro atoms. The van der Waals surface area contributed by atoms with E-state index in [1.807, 2.05) is 19.1 Å². The molecule has 1 aromatic rings. The average Bonchev–Trinajstić information content (AvgIpc) is 2.89. The first-order valence-corrected chi connectivity index (χ1v) is 8.41. The second kappa shape index (κ2) is 5.88. The van der Waals surface area contributed by atoms with E-state index in [1.54, 1.807) is 12.4 Å². The first-order valence-electron chi connectivity index (χ1n) is 6.56. The fraction of sp³-hybridized carbons (Fsp3) is 0.538. The molecule has 7 heteroatoms. The van der Waals surface area contributed by atoms with Crippen molar-refractivity contribution < 1.29 is 13.2 Å². The third-order valence-electron chi connectivity index (χ3n) is 3.50. The Morgan fingerprint density at radius 1 is 1.45 bits per heavy atom. The lowest BCUT2D eigenvalue weighted by Crippen LogP contribution is -2.46. The van der Waals surface area contributed by atoms with E-state index in [0.717, 1.165) is 18.2 Å². The normalized spacial score (nSPS) is 21.6. The number of carbonyl (C=O) groups excluding carboxylic acids is 1. The van der Waals surface area contributed by atoms with Crippen LogP contribution >= 0.6 is 0 Å². The van der Waals surface area contributed by atoms with E-state index < -0.39 is 16.1 Å². The molecular weight excluding hydrogens is 278 g/mol. The molecule has 110 valence electrons. The van der Waals surface area contributed by atoms with E-state index in [1.165, 1.54) is 4.31 Å². The van der Waals surface area contributed by atoms with Gasteiger partial charge in [0.05, 0.1) is 12.3 Å². The molecule has 1 N–H and O–H groups in total. The molecule has 2 atom stereocenters. The van der Waals surface area contributed by atoms with Crippen LogP contribution in [-0.4, -0.2) is 42.5 Å². The van der Waals surface area contributed by atoms with Gasteiger partial charge in [-0.3, -0.25) is 9.78 Å². The zero-order chi connectivity index (χ0) is 14.8. The number of pyridine rings is 1. The Bertz CT molecular complexity index is 574. The van der Waals surface area contributed by atoms with Gasteiger partial charge in [-0.25, -0.2) is 8.42 Å². The summed E-state index contributed by atoms with van der Waals surface area (Å²) < 4.78 is 24.6. The number of amides is 1. The number of sulfonamides is 1. The van der Waals surface area contributed by atoms with Gasteiger partial charge in [0.1, 0.15) is 6.04 Å². The molecule has 0 unspecified atom stereocenters. The first kappa shape index (κ1) is 14.9. The van der Waals surface area contributed by atoms with Gasteiger partial charge in [-0.05, 0) is 37.5 Å². The summed E-state index contributed by atoms with van der Waals surface area (Å²) >= 11 is 0. The maximum atomic E-state index is 12.3. The van der Waals surface area contributed by atoms with Crippen LogP contribution in [0.3, 0.4) is 0 Å².